The number of fused-ring (bicyclic) bond motifs is 1. The van der Waals surface area contributed by atoms with Gasteiger partial charge in [0.2, 0.25) is 5.91 Å². The summed E-state index contributed by atoms with van der Waals surface area (Å²) in [6.07, 6.45) is 1.63. The maximum atomic E-state index is 12.0. The van der Waals surface area contributed by atoms with E-state index in [-0.39, 0.29) is 5.91 Å². The van der Waals surface area contributed by atoms with Gasteiger partial charge in [0, 0.05) is 5.75 Å². The molecule has 0 aliphatic carbocycles. The highest BCUT2D eigenvalue weighted by Gasteiger charge is 2.06. The SMILES string of the molecule is Cc1cccc(CSCC(=O)Nn2cnc3ccccc32)c1. The molecule has 3 aromatic rings. The van der Waals surface area contributed by atoms with Crippen molar-refractivity contribution >= 4 is 28.7 Å². The molecule has 0 bridgehead atoms. The Hall–Kier alpha value is -2.27. The average molecular weight is 311 g/mol. The predicted octanol–water partition coefficient (Wildman–Crippen LogP) is 3.35. The lowest BCUT2D eigenvalue weighted by Crippen LogP contribution is -2.23. The lowest BCUT2D eigenvalue weighted by Gasteiger charge is -2.07. The van der Waals surface area contributed by atoms with Gasteiger partial charge in [0.25, 0.3) is 0 Å². The number of aryl methyl sites for hydroxylation is 1. The van der Waals surface area contributed by atoms with Crippen LogP contribution in [-0.4, -0.2) is 21.3 Å². The summed E-state index contributed by atoms with van der Waals surface area (Å²) in [5.74, 6) is 1.22. The Bertz CT molecular complexity index is 797. The molecule has 0 spiro atoms. The standard InChI is InChI=1S/C17H17N3OS/c1-13-5-4-6-14(9-13)10-22-11-17(21)19-20-12-18-15-7-2-3-8-16(15)20/h2-9,12H,10-11H2,1H3,(H,19,21). The summed E-state index contributed by atoms with van der Waals surface area (Å²) < 4.78 is 1.67. The van der Waals surface area contributed by atoms with E-state index >= 15 is 0 Å². The van der Waals surface area contributed by atoms with Gasteiger partial charge in [0.15, 0.2) is 0 Å². The highest BCUT2D eigenvalue weighted by molar-refractivity contribution is 7.99. The molecular weight excluding hydrogens is 294 g/mol. The molecule has 0 aliphatic heterocycles. The Morgan fingerprint density at radius 3 is 2.95 bits per heavy atom. The molecule has 5 heteroatoms. The van der Waals surface area contributed by atoms with Gasteiger partial charge in [0.1, 0.15) is 6.33 Å². The molecule has 1 heterocycles. The first-order valence-electron chi connectivity index (χ1n) is 7.07. The summed E-state index contributed by atoms with van der Waals surface area (Å²) >= 11 is 1.60. The van der Waals surface area contributed by atoms with Gasteiger partial charge in [-0.05, 0) is 24.6 Å². The van der Waals surface area contributed by atoms with Crippen LogP contribution in [-0.2, 0) is 10.5 Å². The quantitative estimate of drug-likeness (QED) is 0.786. The van der Waals surface area contributed by atoms with Crippen LogP contribution in [0.3, 0.4) is 0 Å². The van der Waals surface area contributed by atoms with Crippen LogP contribution >= 0.6 is 11.8 Å². The van der Waals surface area contributed by atoms with Crippen LogP contribution in [0.5, 0.6) is 0 Å². The molecule has 4 nitrogen and oxygen atoms in total. The molecule has 0 aliphatic rings. The smallest absolute Gasteiger partial charge is 0.248 e. The molecule has 0 saturated carbocycles. The second-order valence-electron chi connectivity index (χ2n) is 5.12. The summed E-state index contributed by atoms with van der Waals surface area (Å²) in [6.45, 7) is 2.07. The van der Waals surface area contributed by atoms with Gasteiger partial charge in [-0.1, -0.05) is 42.0 Å². The van der Waals surface area contributed by atoms with E-state index in [4.69, 9.17) is 0 Å². The van der Waals surface area contributed by atoms with Crippen LogP contribution in [0.1, 0.15) is 11.1 Å². The minimum atomic E-state index is -0.0270. The molecular formula is C17H17N3OS. The van der Waals surface area contributed by atoms with Crippen molar-refractivity contribution in [2.24, 2.45) is 0 Å². The number of para-hydroxylation sites is 2. The predicted molar refractivity (Wildman–Crippen MR) is 91.4 cm³/mol. The van der Waals surface area contributed by atoms with Crippen molar-refractivity contribution in [2.45, 2.75) is 12.7 Å². The first-order chi connectivity index (χ1) is 10.7. The maximum Gasteiger partial charge on any atom is 0.248 e. The molecule has 22 heavy (non-hydrogen) atoms. The maximum absolute atomic E-state index is 12.0. The van der Waals surface area contributed by atoms with E-state index in [0.717, 1.165) is 16.8 Å². The fourth-order valence-electron chi connectivity index (χ4n) is 2.28. The number of nitrogens with one attached hydrogen (secondary N) is 1. The second-order valence-corrected chi connectivity index (χ2v) is 6.11. The Morgan fingerprint density at radius 2 is 2.09 bits per heavy atom. The van der Waals surface area contributed by atoms with E-state index in [0.29, 0.717) is 5.75 Å². The van der Waals surface area contributed by atoms with E-state index in [1.807, 2.05) is 30.3 Å². The number of amides is 1. The van der Waals surface area contributed by atoms with Crippen molar-refractivity contribution in [1.29, 1.82) is 0 Å². The van der Waals surface area contributed by atoms with Gasteiger partial charge < -0.3 is 0 Å². The van der Waals surface area contributed by atoms with Crippen LogP contribution in [0.15, 0.2) is 54.9 Å². The van der Waals surface area contributed by atoms with Crippen molar-refractivity contribution < 1.29 is 4.79 Å². The zero-order chi connectivity index (χ0) is 15.4. The monoisotopic (exact) mass is 311 g/mol. The largest absolute Gasteiger partial charge is 0.272 e. The third kappa shape index (κ3) is 3.49. The highest BCUT2D eigenvalue weighted by Crippen LogP contribution is 2.14. The van der Waals surface area contributed by atoms with Gasteiger partial charge in [-0.25, -0.2) is 9.66 Å². The van der Waals surface area contributed by atoms with E-state index in [2.05, 4.69) is 35.5 Å². The number of nitrogens with zero attached hydrogens (tertiary/aromatic N) is 2. The fourth-order valence-corrected chi connectivity index (χ4v) is 3.05. The number of carbonyl (C=O) groups is 1. The molecule has 1 amide bonds. The van der Waals surface area contributed by atoms with Crippen LogP contribution < -0.4 is 5.43 Å². The van der Waals surface area contributed by atoms with Gasteiger partial charge in [-0.3, -0.25) is 10.2 Å². The topological polar surface area (TPSA) is 46.9 Å². The van der Waals surface area contributed by atoms with Crippen LogP contribution in [0, 0.1) is 6.92 Å². The van der Waals surface area contributed by atoms with Gasteiger partial charge >= 0.3 is 0 Å². The third-order valence-electron chi connectivity index (χ3n) is 3.28. The van der Waals surface area contributed by atoms with Crippen molar-refractivity contribution in [3.05, 3.63) is 66.0 Å². The number of carbonyl (C=O) groups excluding carboxylic acids is 1. The molecule has 0 atom stereocenters. The lowest BCUT2D eigenvalue weighted by atomic mass is 10.2. The van der Waals surface area contributed by atoms with Gasteiger partial charge in [-0.15, -0.1) is 11.8 Å². The summed E-state index contributed by atoms with van der Waals surface area (Å²) in [7, 11) is 0. The molecule has 0 radical (unpaired) electrons. The Labute approximate surface area is 133 Å². The number of rotatable bonds is 5. The minimum Gasteiger partial charge on any atom is -0.272 e. The van der Waals surface area contributed by atoms with Gasteiger partial charge in [0.05, 0.1) is 16.8 Å². The molecule has 1 N–H and O–H groups in total. The summed E-state index contributed by atoms with van der Waals surface area (Å²) in [5, 5.41) is 0. The van der Waals surface area contributed by atoms with Crippen LogP contribution in [0.4, 0.5) is 0 Å². The first kappa shape index (κ1) is 14.7. The minimum absolute atomic E-state index is 0.0270. The molecule has 1 aromatic heterocycles. The van der Waals surface area contributed by atoms with E-state index < -0.39 is 0 Å². The lowest BCUT2D eigenvalue weighted by molar-refractivity contribution is -0.114. The average Bonchev–Trinajstić information content (AvgIpc) is 2.91. The first-order valence-corrected chi connectivity index (χ1v) is 8.23. The normalized spacial score (nSPS) is 10.8. The number of imidazole rings is 1. The fraction of sp³-hybridized carbons (Fsp3) is 0.176. The Morgan fingerprint density at radius 1 is 1.23 bits per heavy atom. The highest BCUT2D eigenvalue weighted by atomic mass is 32.2. The van der Waals surface area contributed by atoms with E-state index in [1.54, 1.807) is 22.8 Å². The zero-order valence-electron chi connectivity index (χ0n) is 12.3. The molecule has 2 aromatic carbocycles. The van der Waals surface area contributed by atoms with Crippen molar-refractivity contribution in [3.8, 4) is 0 Å². The molecule has 0 unspecified atom stereocenters. The number of hydrogen-bond donors (Lipinski definition) is 1. The summed E-state index contributed by atoms with van der Waals surface area (Å²) in [6, 6.07) is 16.1. The number of hydrogen-bond acceptors (Lipinski definition) is 3. The van der Waals surface area contributed by atoms with E-state index in [9.17, 15) is 4.79 Å². The van der Waals surface area contributed by atoms with Crippen LogP contribution in [0.2, 0.25) is 0 Å². The number of thioether (sulfide) groups is 1. The Kier molecular flexibility index (Phi) is 4.44. The molecule has 0 fully saturated rings. The van der Waals surface area contributed by atoms with Crippen molar-refractivity contribution in [3.63, 3.8) is 0 Å². The zero-order valence-corrected chi connectivity index (χ0v) is 13.1. The third-order valence-corrected chi connectivity index (χ3v) is 4.29. The molecule has 0 saturated heterocycles. The van der Waals surface area contributed by atoms with E-state index in [1.165, 1.54) is 11.1 Å². The summed E-state index contributed by atoms with van der Waals surface area (Å²) in [5.41, 5.74) is 7.11. The number of benzene rings is 2. The van der Waals surface area contributed by atoms with Crippen molar-refractivity contribution in [1.82, 2.24) is 9.66 Å². The molecule has 112 valence electrons. The summed E-state index contributed by atoms with van der Waals surface area (Å²) in [4.78, 5) is 16.3. The van der Waals surface area contributed by atoms with Crippen LogP contribution in [0.25, 0.3) is 11.0 Å². The number of aromatic nitrogens is 2. The van der Waals surface area contributed by atoms with Crippen molar-refractivity contribution in [2.75, 3.05) is 11.2 Å². The Balaban J connectivity index is 1.54. The second kappa shape index (κ2) is 6.66. The molecule has 3 rings (SSSR count). The van der Waals surface area contributed by atoms with Gasteiger partial charge in [-0.2, -0.15) is 0 Å².